The van der Waals surface area contributed by atoms with Crippen LogP contribution >= 0.6 is 0 Å². The summed E-state index contributed by atoms with van der Waals surface area (Å²) in [7, 11) is 0. The van der Waals surface area contributed by atoms with Crippen molar-refractivity contribution in [3.8, 4) is 0 Å². The summed E-state index contributed by atoms with van der Waals surface area (Å²) < 4.78 is 10.3. The first-order chi connectivity index (χ1) is 5.29. The molecule has 0 aromatic heterocycles. The number of aliphatic hydroxyl groups excluding tert-OH is 1. The zero-order chi connectivity index (χ0) is 7.84. The van der Waals surface area contributed by atoms with Gasteiger partial charge in [-0.1, -0.05) is 0 Å². The molecule has 0 aromatic carbocycles. The van der Waals surface area contributed by atoms with Crippen molar-refractivity contribution in [2.45, 2.75) is 31.2 Å². The van der Waals surface area contributed by atoms with Crippen molar-refractivity contribution in [3.63, 3.8) is 0 Å². The van der Waals surface area contributed by atoms with E-state index in [0.29, 0.717) is 12.8 Å². The van der Waals surface area contributed by atoms with Crippen molar-refractivity contribution in [2.24, 2.45) is 0 Å². The van der Waals surface area contributed by atoms with Crippen LogP contribution in [0.1, 0.15) is 12.8 Å². The first-order valence-electron chi connectivity index (χ1n) is 3.75. The van der Waals surface area contributed by atoms with Crippen LogP contribution in [0.25, 0.3) is 0 Å². The minimum absolute atomic E-state index is 0.0184. The van der Waals surface area contributed by atoms with E-state index in [1.165, 1.54) is 0 Å². The lowest BCUT2D eigenvalue weighted by molar-refractivity contribution is -0.141. The molecule has 2 heterocycles. The van der Waals surface area contributed by atoms with Crippen LogP contribution in [0, 0.1) is 0 Å². The average molecular weight is 158 g/mol. The predicted octanol–water partition coefficient (Wildman–Crippen LogP) is -0.548. The lowest BCUT2D eigenvalue weighted by Gasteiger charge is -2.05. The fourth-order valence-corrected chi connectivity index (χ4v) is 1.60. The van der Waals surface area contributed by atoms with Crippen LogP contribution in [-0.2, 0) is 14.3 Å². The van der Waals surface area contributed by atoms with E-state index in [2.05, 4.69) is 0 Å². The quantitative estimate of drug-likeness (QED) is 0.520. The second-order valence-electron chi connectivity index (χ2n) is 2.95. The Morgan fingerprint density at radius 2 is 2.36 bits per heavy atom. The monoisotopic (exact) mass is 158 g/mol. The largest absolute Gasteiger partial charge is 0.459 e. The third kappa shape index (κ3) is 1.12. The Hall–Kier alpha value is -0.610. The minimum Gasteiger partial charge on any atom is -0.459 e. The Labute approximate surface area is 64.1 Å². The van der Waals surface area contributed by atoms with Gasteiger partial charge in [0.15, 0.2) is 0 Å². The van der Waals surface area contributed by atoms with Gasteiger partial charge in [0.2, 0.25) is 0 Å². The Kier molecular flexibility index (Phi) is 1.58. The van der Waals surface area contributed by atoms with Crippen molar-refractivity contribution in [3.05, 3.63) is 0 Å². The predicted molar refractivity (Wildman–Crippen MR) is 34.9 cm³/mol. The van der Waals surface area contributed by atoms with E-state index in [1.807, 2.05) is 0 Å². The normalized spacial score (nSPS) is 42.3. The number of ether oxygens (including phenoxy) is 2. The molecule has 3 atom stereocenters. The van der Waals surface area contributed by atoms with E-state index in [4.69, 9.17) is 14.6 Å². The fourth-order valence-electron chi connectivity index (χ4n) is 1.60. The summed E-state index contributed by atoms with van der Waals surface area (Å²) in [6, 6.07) is 0. The minimum atomic E-state index is -0.184. The van der Waals surface area contributed by atoms with Crippen LogP contribution < -0.4 is 0 Å². The highest BCUT2D eigenvalue weighted by Gasteiger charge is 2.43. The smallest absolute Gasteiger partial charge is 0.308 e. The molecule has 0 radical (unpaired) electrons. The molecule has 2 rings (SSSR count). The lowest BCUT2D eigenvalue weighted by atomic mass is 10.1. The maximum absolute atomic E-state index is 10.7. The molecule has 0 aromatic rings. The maximum atomic E-state index is 10.7. The van der Waals surface area contributed by atoms with Crippen LogP contribution in [0.2, 0.25) is 0 Å². The van der Waals surface area contributed by atoms with Gasteiger partial charge in [-0.05, 0) is 0 Å². The van der Waals surface area contributed by atoms with Gasteiger partial charge in [0.25, 0.3) is 0 Å². The van der Waals surface area contributed by atoms with Crippen molar-refractivity contribution >= 4 is 5.97 Å². The van der Waals surface area contributed by atoms with Crippen LogP contribution in [0.3, 0.4) is 0 Å². The highest BCUT2D eigenvalue weighted by atomic mass is 16.6. The third-order valence-corrected chi connectivity index (χ3v) is 2.13. The molecule has 0 spiro atoms. The van der Waals surface area contributed by atoms with Gasteiger partial charge >= 0.3 is 5.97 Å². The SMILES string of the molecule is O=C1C[C@@H]2O[C@H](CO)C[C@@H]2O1. The molecular formula is C7H10O4. The first kappa shape index (κ1) is 7.06. The van der Waals surface area contributed by atoms with Crippen LogP contribution in [-0.4, -0.2) is 36.0 Å². The van der Waals surface area contributed by atoms with Crippen molar-refractivity contribution < 1.29 is 19.4 Å². The molecule has 0 aliphatic carbocycles. The number of esters is 1. The molecule has 0 unspecified atom stereocenters. The lowest BCUT2D eigenvalue weighted by Crippen LogP contribution is -2.15. The summed E-state index contributed by atoms with van der Waals surface area (Å²) in [5.74, 6) is -0.184. The Morgan fingerprint density at radius 1 is 1.55 bits per heavy atom. The highest BCUT2D eigenvalue weighted by molar-refractivity contribution is 5.72. The molecule has 4 nitrogen and oxygen atoms in total. The molecule has 2 aliphatic heterocycles. The summed E-state index contributed by atoms with van der Waals surface area (Å²) in [6.07, 6.45) is 0.672. The van der Waals surface area contributed by atoms with Gasteiger partial charge in [0.05, 0.1) is 19.1 Å². The molecular weight excluding hydrogens is 148 g/mol. The Bertz CT molecular complexity index is 163. The van der Waals surface area contributed by atoms with Gasteiger partial charge in [-0.2, -0.15) is 0 Å². The molecule has 62 valence electrons. The number of carbonyl (C=O) groups excluding carboxylic acids is 1. The summed E-state index contributed by atoms with van der Waals surface area (Å²) in [5.41, 5.74) is 0. The van der Waals surface area contributed by atoms with Crippen molar-refractivity contribution in [1.29, 1.82) is 0 Å². The molecule has 2 saturated heterocycles. The molecule has 2 aliphatic rings. The molecule has 4 heteroatoms. The second kappa shape index (κ2) is 2.46. The van der Waals surface area contributed by atoms with Crippen LogP contribution in [0.5, 0.6) is 0 Å². The van der Waals surface area contributed by atoms with Gasteiger partial charge in [-0.3, -0.25) is 4.79 Å². The molecule has 1 N–H and O–H groups in total. The van der Waals surface area contributed by atoms with Crippen molar-refractivity contribution in [2.75, 3.05) is 6.61 Å². The second-order valence-corrected chi connectivity index (χ2v) is 2.95. The van der Waals surface area contributed by atoms with E-state index in [1.54, 1.807) is 0 Å². The van der Waals surface area contributed by atoms with E-state index in [9.17, 15) is 4.79 Å². The number of hydrogen-bond acceptors (Lipinski definition) is 4. The van der Waals surface area contributed by atoms with E-state index < -0.39 is 0 Å². The molecule has 0 bridgehead atoms. The molecule has 0 amide bonds. The van der Waals surface area contributed by atoms with Gasteiger partial charge in [-0.15, -0.1) is 0 Å². The molecule has 2 fully saturated rings. The van der Waals surface area contributed by atoms with Crippen molar-refractivity contribution in [1.82, 2.24) is 0 Å². The van der Waals surface area contributed by atoms with E-state index in [0.717, 1.165) is 0 Å². The molecule has 0 saturated carbocycles. The Morgan fingerprint density at radius 3 is 3.00 bits per heavy atom. The van der Waals surface area contributed by atoms with E-state index >= 15 is 0 Å². The van der Waals surface area contributed by atoms with Crippen LogP contribution in [0.4, 0.5) is 0 Å². The average Bonchev–Trinajstić information content (AvgIpc) is 2.43. The Balaban J connectivity index is 1.98. The third-order valence-electron chi connectivity index (χ3n) is 2.13. The summed E-state index contributed by atoms with van der Waals surface area (Å²) in [6.45, 7) is 0.0184. The summed E-state index contributed by atoms with van der Waals surface area (Å²) >= 11 is 0. The number of fused-ring (bicyclic) bond motifs is 1. The highest BCUT2D eigenvalue weighted by Crippen LogP contribution is 2.30. The standard InChI is InChI=1S/C7H10O4/c8-3-4-1-5-6(10-4)2-7(9)11-5/h4-6,8H,1-3H2/t4-,5-,6-/m0/s1. The van der Waals surface area contributed by atoms with Gasteiger partial charge < -0.3 is 14.6 Å². The van der Waals surface area contributed by atoms with Gasteiger partial charge in [-0.25, -0.2) is 0 Å². The van der Waals surface area contributed by atoms with Crippen LogP contribution in [0.15, 0.2) is 0 Å². The fraction of sp³-hybridized carbons (Fsp3) is 0.857. The van der Waals surface area contributed by atoms with Gasteiger partial charge in [0.1, 0.15) is 12.2 Å². The van der Waals surface area contributed by atoms with Gasteiger partial charge in [0, 0.05) is 6.42 Å². The topological polar surface area (TPSA) is 55.8 Å². The number of rotatable bonds is 1. The number of carbonyl (C=O) groups is 1. The van der Waals surface area contributed by atoms with E-state index in [-0.39, 0.29) is 30.9 Å². The number of aliphatic hydroxyl groups is 1. The zero-order valence-corrected chi connectivity index (χ0v) is 6.03. The number of hydrogen-bond donors (Lipinski definition) is 1. The first-order valence-corrected chi connectivity index (χ1v) is 3.75. The maximum Gasteiger partial charge on any atom is 0.308 e. The summed E-state index contributed by atoms with van der Waals surface area (Å²) in [5, 5.41) is 8.72. The zero-order valence-electron chi connectivity index (χ0n) is 6.03. The summed E-state index contributed by atoms with van der Waals surface area (Å²) in [4.78, 5) is 10.7. The molecule has 11 heavy (non-hydrogen) atoms.